The molecular formula is C20H22N4O. The van der Waals surface area contributed by atoms with Crippen LogP contribution in [-0.4, -0.2) is 39.2 Å². The van der Waals surface area contributed by atoms with Crippen LogP contribution in [0.1, 0.15) is 36.8 Å². The van der Waals surface area contributed by atoms with Crippen molar-refractivity contribution in [1.82, 2.24) is 19.6 Å². The lowest BCUT2D eigenvalue weighted by Crippen LogP contribution is -2.46. The molecule has 5 nitrogen and oxygen atoms in total. The van der Waals surface area contributed by atoms with Gasteiger partial charge in [0.1, 0.15) is 0 Å². The summed E-state index contributed by atoms with van der Waals surface area (Å²) in [6.07, 6.45) is 4.85. The zero-order valence-corrected chi connectivity index (χ0v) is 14.3. The van der Waals surface area contributed by atoms with Crippen molar-refractivity contribution in [2.75, 3.05) is 19.6 Å². The van der Waals surface area contributed by atoms with Gasteiger partial charge in [-0.3, -0.25) is 0 Å². The van der Waals surface area contributed by atoms with Gasteiger partial charge in [-0.1, -0.05) is 23.4 Å². The van der Waals surface area contributed by atoms with Gasteiger partial charge >= 0.3 is 0 Å². The van der Waals surface area contributed by atoms with E-state index in [1.54, 1.807) is 0 Å². The van der Waals surface area contributed by atoms with Crippen molar-refractivity contribution >= 4 is 10.9 Å². The average molecular weight is 334 g/mol. The molecule has 0 unspecified atom stereocenters. The molecule has 4 aliphatic heterocycles. The van der Waals surface area contributed by atoms with Crippen LogP contribution >= 0.6 is 0 Å². The summed E-state index contributed by atoms with van der Waals surface area (Å²) in [4.78, 5) is 7.45. The molecular weight excluding hydrogens is 312 g/mol. The van der Waals surface area contributed by atoms with Crippen molar-refractivity contribution in [2.45, 2.75) is 38.1 Å². The van der Waals surface area contributed by atoms with Crippen LogP contribution in [0.5, 0.6) is 0 Å². The summed E-state index contributed by atoms with van der Waals surface area (Å²) < 4.78 is 8.23. The molecule has 0 spiro atoms. The fraction of sp³-hybridized carbons (Fsp3) is 0.500. The molecule has 0 aliphatic carbocycles. The minimum atomic E-state index is 0.422. The van der Waals surface area contributed by atoms with Gasteiger partial charge in [-0.25, -0.2) is 0 Å². The quantitative estimate of drug-likeness (QED) is 0.720. The van der Waals surface area contributed by atoms with E-state index in [-0.39, 0.29) is 0 Å². The van der Waals surface area contributed by atoms with E-state index in [0.717, 1.165) is 37.1 Å². The first-order valence-corrected chi connectivity index (χ1v) is 9.55. The molecule has 2 bridgehead atoms. The Morgan fingerprint density at radius 1 is 1.08 bits per heavy atom. The van der Waals surface area contributed by atoms with Gasteiger partial charge in [0, 0.05) is 29.7 Å². The molecule has 4 aliphatic rings. The molecule has 7 rings (SSSR count). The van der Waals surface area contributed by atoms with E-state index in [4.69, 9.17) is 9.51 Å². The largest absolute Gasteiger partial charge is 0.344 e. The lowest BCUT2D eigenvalue weighted by molar-refractivity contribution is 0.0727. The highest BCUT2D eigenvalue weighted by Gasteiger charge is 2.38. The van der Waals surface area contributed by atoms with Crippen LogP contribution < -0.4 is 0 Å². The van der Waals surface area contributed by atoms with Crippen LogP contribution in [0.4, 0.5) is 0 Å². The monoisotopic (exact) mass is 334 g/mol. The summed E-state index contributed by atoms with van der Waals surface area (Å²) in [5, 5.41) is 5.69. The Bertz CT molecular complexity index is 948. The molecule has 0 saturated carbocycles. The van der Waals surface area contributed by atoms with E-state index in [9.17, 15) is 0 Å². The Labute approximate surface area is 146 Å². The second-order valence-electron chi connectivity index (χ2n) is 7.79. The molecule has 3 saturated heterocycles. The van der Waals surface area contributed by atoms with Gasteiger partial charge in [0.2, 0.25) is 11.7 Å². The number of hydrogen-bond donors (Lipinski definition) is 0. The molecule has 2 aromatic heterocycles. The average Bonchev–Trinajstić information content (AvgIpc) is 3.38. The highest BCUT2D eigenvalue weighted by molar-refractivity contribution is 5.96. The van der Waals surface area contributed by atoms with E-state index in [0.29, 0.717) is 5.92 Å². The van der Waals surface area contributed by atoms with Crippen LogP contribution in [0.2, 0.25) is 0 Å². The SMILES string of the molecule is c1ccc2c(c1)c(-c1noc([C@@H]3CN4CCC3CC4)n1)c1n2CCC1. The molecule has 1 atom stereocenters. The van der Waals surface area contributed by atoms with Crippen molar-refractivity contribution in [2.24, 2.45) is 5.92 Å². The summed E-state index contributed by atoms with van der Waals surface area (Å²) in [5.41, 5.74) is 3.88. The molecule has 3 aromatic rings. The number of para-hydroxylation sites is 1. The zero-order valence-electron chi connectivity index (χ0n) is 14.3. The summed E-state index contributed by atoms with van der Waals surface area (Å²) >= 11 is 0. The number of fused-ring (bicyclic) bond motifs is 6. The molecule has 0 radical (unpaired) electrons. The maximum atomic E-state index is 5.79. The van der Waals surface area contributed by atoms with E-state index < -0.39 is 0 Å². The summed E-state index contributed by atoms with van der Waals surface area (Å²) in [6.45, 7) is 4.65. The number of nitrogens with zero attached hydrogens (tertiary/aromatic N) is 4. The second-order valence-corrected chi connectivity index (χ2v) is 7.79. The number of aromatic nitrogens is 3. The topological polar surface area (TPSA) is 47.1 Å². The zero-order chi connectivity index (χ0) is 16.4. The molecule has 6 heterocycles. The van der Waals surface area contributed by atoms with Crippen molar-refractivity contribution < 1.29 is 4.52 Å². The van der Waals surface area contributed by atoms with Gasteiger partial charge < -0.3 is 14.0 Å². The van der Waals surface area contributed by atoms with Gasteiger partial charge in [0.05, 0.1) is 11.5 Å². The Morgan fingerprint density at radius 2 is 1.96 bits per heavy atom. The summed E-state index contributed by atoms with van der Waals surface area (Å²) in [5.74, 6) is 2.78. The number of benzene rings is 1. The first kappa shape index (κ1) is 14.1. The molecule has 128 valence electrons. The summed E-state index contributed by atoms with van der Waals surface area (Å²) in [6, 6.07) is 8.63. The predicted molar refractivity (Wildman–Crippen MR) is 95.5 cm³/mol. The van der Waals surface area contributed by atoms with E-state index in [2.05, 4.69) is 38.9 Å². The molecule has 5 heteroatoms. The Hall–Kier alpha value is -2.14. The number of hydrogen-bond acceptors (Lipinski definition) is 4. The molecule has 0 N–H and O–H groups in total. The van der Waals surface area contributed by atoms with Crippen LogP contribution in [-0.2, 0) is 13.0 Å². The van der Waals surface area contributed by atoms with Crippen molar-refractivity contribution in [3.8, 4) is 11.4 Å². The Morgan fingerprint density at radius 3 is 2.80 bits per heavy atom. The van der Waals surface area contributed by atoms with Crippen molar-refractivity contribution in [3.05, 3.63) is 35.9 Å². The van der Waals surface area contributed by atoms with E-state index >= 15 is 0 Å². The van der Waals surface area contributed by atoms with E-state index in [1.165, 1.54) is 54.5 Å². The third-order valence-corrected chi connectivity index (χ3v) is 6.51. The minimum Gasteiger partial charge on any atom is -0.344 e. The highest BCUT2D eigenvalue weighted by Crippen LogP contribution is 2.41. The fourth-order valence-electron chi connectivity index (χ4n) is 5.26. The Balaban J connectivity index is 1.45. The van der Waals surface area contributed by atoms with Crippen LogP contribution in [0.3, 0.4) is 0 Å². The normalized spacial score (nSPS) is 27.9. The minimum absolute atomic E-state index is 0.422. The van der Waals surface area contributed by atoms with Gasteiger partial charge in [0.25, 0.3) is 0 Å². The number of piperidine rings is 3. The second kappa shape index (κ2) is 5.18. The van der Waals surface area contributed by atoms with Crippen molar-refractivity contribution in [1.29, 1.82) is 0 Å². The third-order valence-electron chi connectivity index (χ3n) is 6.51. The molecule has 1 aromatic carbocycles. The Kier molecular flexibility index (Phi) is 2.92. The van der Waals surface area contributed by atoms with Gasteiger partial charge in [-0.05, 0) is 50.8 Å². The van der Waals surface area contributed by atoms with Gasteiger partial charge in [-0.2, -0.15) is 4.98 Å². The highest BCUT2D eigenvalue weighted by atomic mass is 16.5. The molecule has 25 heavy (non-hydrogen) atoms. The van der Waals surface area contributed by atoms with Crippen LogP contribution in [0.15, 0.2) is 28.8 Å². The first-order valence-electron chi connectivity index (χ1n) is 9.55. The molecule has 0 amide bonds. The summed E-state index contributed by atoms with van der Waals surface area (Å²) in [7, 11) is 0. The molecule has 3 fully saturated rings. The fourth-order valence-corrected chi connectivity index (χ4v) is 5.26. The third kappa shape index (κ3) is 1.99. The predicted octanol–water partition coefficient (Wildman–Crippen LogP) is 3.45. The standard InChI is InChI=1S/C20H22N4O/c1-2-5-16-14(4-1)18(17-6-3-9-24(16)17)19-21-20(25-22-19)15-12-23-10-7-13(15)8-11-23/h1-2,4-5,13,15H,3,6-12H2/t15-/m1/s1. The van der Waals surface area contributed by atoms with Gasteiger partial charge in [0.15, 0.2) is 0 Å². The number of aryl methyl sites for hydroxylation is 1. The van der Waals surface area contributed by atoms with Crippen molar-refractivity contribution in [3.63, 3.8) is 0 Å². The van der Waals surface area contributed by atoms with Crippen LogP contribution in [0, 0.1) is 5.92 Å². The maximum Gasteiger partial charge on any atom is 0.231 e. The lowest BCUT2D eigenvalue weighted by atomic mass is 9.79. The number of rotatable bonds is 2. The van der Waals surface area contributed by atoms with E-state index in [1.807, 2.05) is 0 Å². The smallest absolute Gasteiger partial charge is 0.231 e. The maximum absolute atomic E-state index is 5.79. The van der Waals surface area contributed by atoms with Crippen LogP contribution in [0.25, 0.3) is 22.3 Å². The lowest BCUT2D eigenvalue weighted by Gasteiger charge is -2.43. The van der Waals surface area contributed by atoms with Gasteiger partial charge in [-0.15, -0.1) is 0 Å². The first-order chi connectivity index (χ1) is 12.4.